The minimum atomic E-state index is -1.05. The second-order valence-corrected chi connectivity index (χ2v) is 11.7. The number of fused-ring (bicyclic) bond motifs is 1. The Balaban J connectivity index is 1.98. The zero-order valence-electron chi connectivity index (χ0n) is 20.6. The Kier molecular flexibility index (Phi) is 6.46. The molecule has 0 aromatic heterocycles. The number of aliphatic hydroxyl groups is 1. The van der Waals surface area contributed by atoms with E-state index in [1.807, 2.05) is 20.8 Å². The summed E-state index contributed by atoms with van der Waals surface area (Å²) in [6, 6.07) is -0.841. The molecular formula is C24H40N2O6. The maximum absolute atomic E-state index is 13.7. The number of ether oxygens (including phenoxy) is 2. The normalized spacial score (nSPS) is 34.1. The molecule has 5 atom stereocenters. The van der Waals surface area contributed by atoms with E-state index in [1.54, 1.807) is 6.92 Å². The summed E-state index contributed by atoms with van der Waals surface area (Å²) in [6.07, 6.45) is 2.22. The van der Waals surface area contributed by atoms with Gasteiger partial charge in [0.15, 0.2) is 0 Å². The first-order chi connectivity index (χ1) is 14.7. The fourth-order valence-electron chi connectivity index (χ4n) is 6.57. The van der Waals surface area contributed by atoms with Crippen molar-refractivity contribution >= 4 is 17.8 Å². The highest BCUT2D eigenvalue weighted by Gasteiger charge is 2.78. The summed E-state index contributed by atoms with van der Waals surface area (Å²) in [5.41, 5.74) is -2.36. The molecule has 32 heavy (non-hydrogen) atoms. The third-order valence-corrected chi connectivity index (χ3v) is 7.06. The Morgan fingerprint density at radius 2 is 1.91 bits per heavy atom. The Labute approximate surface area is 191 Å². The molecule has 2 bridgehead atoms. The molecule has 3 aliphatic heterocycles. The lowest BCUT2D eigenvalue weighted by atomic mass is 9.66. The highest BCUT2D eigenvalue weighted by atomic mass is 16.6. The first-order valence-electron chi connectivity index (χ1n) is 11.8. The molecule has 2 unspecified atom stereocenters. The second kappa shape index (κ2) is 8.28. The van der Waals surface area contributed by atoms with E-state index in [9.17, 15) is 19.5 Å². The Bertz CT molecular complexity index is 775. The van der Waals surface area contributed by atoms with Crippen LogP contribution in [-0.2, 0) is 23.9 Å². The molecule has 3 aliphatic rings. The van der Waals surface area contributed by atoms with Crippen molar-refractivity contribution in [3.63, 3.8) is 0 Å². The van der Waals surface area contributed by atoms with Gasteiger partial charge in [-0.2, -0.15) is 0 Å². The molecule has 3 rings (SSSR count). The van der Waals surface area contributed by atoms with Gasteiger partial charge in [-0.15, -0.1) is 0 Å². The number of rotatable bonds is 8. The van der Waals surface area contributed by atoms with Crippen molar-refractivity contribution in [1.82, 2.24) is 10.2 Å². The van der Waals surface area contributed by atoms with Crippen LogP contribution >= 0.6 is 0 Å². The van der Waals surface area contributed by atoms with Crippen molar-refractivity contribution < 1.29 is 29.0 Å². The molecule has 3 heterocycles. The van der Waals surface area contributed by atoms with Gasteiger partial charge in [0, 0.05) is 18.7 Å². The minimum absolute atomic E-state index is 0.00443. The maximum atomic E-state index is 13.7. The minimum Gasteiger partial charge on any atom is -0.466 e. The number of carbonyl (C=O) groups excluding carboxylic acids is 3. The average molecular weight is 453 g/mol. The van der Waals surface area contributed by atoms with E-state index in [4.69, 9.17) is 9.47 Å². The molecule has 0 aromatic rings. The van der Waals surface area contributed by atoms with Crippen LogP contribution in [0, 0.1) is 17.3 Å². The first kappa shape index (κ1) is 25.0. The van der Waals surface area contributed by atoms with Gasteiger partial charge in [0.05, 0.1) is 18.1 Å². The zero-order valence-corrected chi connectivity index (χ0v) is 20.6. The lowest BCUT2D eigenvalue weighted by molar-refractivity contribution is -0.159. The van der Waals surface area contributed by atoms with Gasteiger partial charge in [-0.1, -0.05) is 20.8 Å². The van der Waals surface area contributed by atoms with Crippen LogP contribution in [0.4, 0.5) is 0 Å². The predicted molar refractivity (Wildman–Crippen MR) is 119 cm³/mol. The van der Waals surface area contributed by atoms with Crippen LogP contribution in [0.25, 0.3) is 0 Å². The van der Waals surface area contributed by atoms with Crippen molar-refractivity contribution in [2.45, 2.75) is 96.9 Å². The third-order valence-electron chi connectivity index (χ3n) is 7.06. The molecule has 0 aliphatic carbocycles. The molecule has 3 saturated heterocycles. The first-order valence-corrected chi connectivity index (χ1v) is 11.8. The second-order valence-electron chi connectivity index (χ2n) is 11.7. The van der Waals surface area contributed by atoms with Crippen LogP contribution in [0.5, 0.6) is 0 Å². The Hall–Kier alpha value is -1.67. The molecule has 2 N–H and O–H groups in total. The van der Waals surface area contributed by atoms with E-state index in [0.29, 0.717) is 19.3 Å². The van der Waals surface area contributed by atoms with Gasteiger partial charge in [0.2, 0.25) is 11.8 Å². The van der Waals surface area contributed by atoms with E-state index < -0.39 is 40.6 Å². The fourth-order valence-corrected chi connectivity index (χ4v) is 6.57. The van der Waals surface area contributed by atoms with E-state index in [0.717, 1.165) is 6.42 Å². The van der Waals surface area contributed by atoms with E-state index in [2.05, 4.69) is 26.1 Å². The number of nitrogens with one attached hydrogen (secondary N) is 1. The SMILES string of the molecule is CCOC(=O)[C@H]1[C@H]2C(=O)N(CCCO)C(C(=O)NC(C)(C)CC(C)(C)C)C23CC[C@]1(C)O3. The van der Waals surface area contributed by atoms with Crippen LogP contribution < -0.4 is 5.32 Å². The van der Waals surface area contributed by atoms with Crippen molar-refractivity contribution in [2.24, 2.45) is 17.3 Å². The standard InChI is InChI=1S/C24H40N2O6/c1-8-31-20(30)16-15-19(29)26(12-9-13-27)17(24(15)11-10-23(16,7)32-24)18(28)25-22(5,6)14-21(2,3)4/h15-17,27H,8-14H2,1-7H3,(H,25,28)/t15-,16+,17?,23-,24?/m0/s1. The summed E-state index contributed by atoms with van der Waals surface area (Å²) in [6.45, 7) is 14.3. The average Bonchev–Trinajstić information content (AvgIpc) is 3.18. The van der Waals surface area contributed by atoms with Gasteiger partial charge < -0.3 is 24.8 Å². The summed E-state index contributed by atoms with van der Waals surface area (Å²) in [7, 11) is 0. The molecule has 0 radical (unpaired) electrons. The summed E-state index contributed by atoms with van der Waals surface area (Å²) < 4.78 is 11.8. The monoisotopic (exact) mass is 452 g/mol. The van der Waals surface area contributed by atoms with E-state index in [-0.39, 0.29) is 37.0 Å². The molecule has 3 fully saturated rings. The zero-order chi connectivity index (χ0) is 24.1. The Morgan fingerprint density at radius 3 is 2.47 bits per heavy atom. The molecule has 2 amide bonds. The summed E-state index contributed by atoms with van der Waals surface area (Å²) in [5, 5.41) is 12.6. The molecule has 0 saturated carbocycles. The lowest BCUT2D eigenvalue weighted by Crippen LogP contribution is -2.59. The number of aliphatic hydroxyl groups excluding tert-OH is 1. The maximum Gasteiger partial charge on any atom is 0.312 e. The third kappa shape index (κ3) is 4.16. The van der Waals surface area contributed by atoms with Crippen LogP contribution in [0.3, 0.4) is 0 Å². The number of esters is 1. The Morgan fingerprint density at radius 1 is 1.25 bits per heavy atom. The molecule has 8 nitrogen and oxygen atoms in total. The number of hydrogen-bond donors (Lipinski definition) is 2. The number of amides is 2. The molecule has 1 spiro atoms. The van der Waals surface area contributed by atoms with Crippen LogP contribution in [0.15, 0.2) is 0 Å². The highest BCUT2D eigenvalue weighted by Crippen LogP contribution is 2.63. The van der Waals surface area contributed by atoms with Gasteiger partial charge >= 0.3 is 5.97 Å². The van der Waals surface area contributed by atoms with Crippen molar-refractivity contribution in [1.29, 1.82) is 0 Å². The van der Waals surface area contributed by atoms with Crippen LogP contribution in [0.1, 0.15) is 74.1 Å². The number of carbonyl (C=O) groups is 3. The van der Waals surface area contributed by atoms with Crippen molar-refractivity contribution in [3.8, 4) is 0 Å². The number of likely N-dealkylation sites (tertiary alicyclic amines) is 1. The molecular weight excluding hydrogens is 412 g/mol. The van der Waals surface area contributed by atoms with Gasteiger partial charge in [-0.25, -0.2) is 0 Å². The predicted octanol–water partition coefficient (Wildman–Crippen LogP) is 2.03. The van der Waals surface area contributed by atoms with Gasteiger partial charge in [0.1, 0.15) is 17.6 Å². The van der Waals surface area contributed by atoms with Crippen LogP contribution in [0.2, 0.25) is 0 Å². The smallest absolute Gasteiger partial charge is 0.312 e. The molecule has 0 aromatic carbocycles. The summed E-state index contributed by atoms with van der Waals surface area (Å²) in [4.78, 5) is 41.8. The molecule has 8 heteroatoms. The topological polar surface area (TPSA) is 105 Å². The largest absolute Gasteiger partial charge is 0.466 e. The lowest BCUT2D eigenvalue weighted by Gasteiger charge is -2.38. The summed E-state index contributed by atoms with van der Waals surface area (Å²) >= 11 is 0. The van der Waals surface area contributed by atoms with Crippen molar-refractivity contribution in [3.05, 3.63) is 0 Å². The van der Waals surface area contributed by atoms with Crippen LogP contribution in [-0.4, -0.2) is 70.3 Å². The molecule has 182 valence electrons. The highest BCUT2D eigenvalue weighted by molar-refractivity contribution is 5.98. The van der Waals surface area contributed by atoms with E-state index in [1.165, 1.54) is 4.90 Å². The van der Waals surface area contributed by atoms with E-state index >= 15 is 0 Å². The quantitative estimate of drug-likeness (QED) is 0.546. The van der Waals surface area contributed by atoms with Gasteiger partial charge in [0.25, 0.3) is 0 Å². The van der Waals surface area contributed by atoms with Gasteiger partial charge in [-0.3, -0.25) is 14.4 Å². The van der Waals surface area contributed by atoms with Crippen molar-refractivity contribution in [2.75, 3.05) is 19.8 Å². The fraction of sp³-hybridized carbons (Fsp3) is 0.875. The number of hydrogen-bond acceptors (Lipinski definition) is 6. The van der Waals surface area contributed by atoms with Gasteiger partial charge in [-0.05, 0) is 58.8 Å². The summed E-state index contributed by atoms with van der Waals surface area (Å²) in [5.74, 6) is -2.44. The number of nitrogens with zero attached hydrogens (tertiary/aromatic N) is 1.